The van der Waals surface area contributed by atoms with E-state index >= 15 is 0 Å². The van der Waals surface area contributed by atoms with Gasteiger partial charge in [0.2, 0.25) is 0 Å². The molecule has 0 saturated carbocycles. The van der Waals surface area contributed by atoms with E-state index in [-0.39, 0.29) is 5.91 Å². The number of halogens is 2. The normalized spacial score (nSPS) is 17.0. The zero-order valence-electron chi connectivity index (χ0n) is 15.1. The highest BCUT2D eigenvalue weighted by Crippen LogP contribution is 2.45. The second kappa shape index (κ2) is 6.38. The van der Waals surface area contributed by atoms with Gasteiger partial charge in [-0.05, 0) is 42.5 Å². The number of hydrogen-bond acceptors (Lipinski definition) is 2. The molecule has 0 N–H and O–H groups in total. The van der Waals surface area contributed by atoms with Crippen LogP contribution in [0.25, 0.3) is 5.69 Å². The molecule has 0 bridgehead atoms. The number of likely N-dealkylation sites (tertiary alicyclic amines) is 1. The zero-order chi connectivity index (χ0) is 19.3. The Hall–Kier alpha value is -2.79. The Morgan fingerprint density at radius 2 is 1.89 bits per heavy atom. The molecule has 2 aliphatic rings. The van der Waals surface area contributed by atoms with Crippen LogP contribution in [0.5, 0.6) is 5.75 Å². The molecule has 1 amide bonds. The molecule has 2 aliphatic heterocycles. The minimum absolute atomic E-state index is 0.149. The van der Waals surface area contributed by atoms with Crippen molar-refractivity contribution in [1.29, 1.82) is 0 Å². The lowest BCUT2D eigenvalue weighted by Gasteiger charge is -2.45. The lowest BCUT2D eigenvalue weighted by Crippen LogP contribution is -2.50. The van der Waals surface area contributed by atoms with Crippen LogP contribution in [0, 0.1) is 5.82 Å². The van der Waals surface area contributed by atoms with E-state index in [9.17, 15) is 9.18 Å². The number of benzene rings is 2. The fourth-order valence-electron chi connectivity index (χ4n) is 4.23. The molecule has 3 aromatic rings. The fourth-order valence-corrected chi connectivity index (χ4v) is 4.39. The molecule has 2 aromatic carbocycles. The molecule has 0 aliphatic carbocycles. The lowest BCUT2D eigenvalue weighted by molar-refractivity contribution is -0.00931. The molecule has 4 nitrogen and oxygen atoms in total. The number of hydrogen-bond donors (Lipinski definition) is 0. The minimum Gasteiger partial charge on any atom is -0.479 e. The summed E-state index contributed by atoms with van der Waals surface area (Å²) in [6.45, 7) is 1.08. The van der Waals surface area contributed by atoms with E-state index in [1.165, 1.54) is 12.1 Å². The van der Waals surface area contributed by atoms with Crippen LogP contribution in [-0.2, 0) is 5.60 Å². The van der Waals surface area contributed by atoms with Crippen LogP contribution in [0.2, 0.25) is 5.02 Å². The topological polar surface area (TPSA) is 34.5 Å². The van der Waals surface area contributed by atoms with Gasteiger partial charge >= 0.3 is 0 Å². The van der Waals surface area contributed by atoms with Crippen molar-refractivity contribution in [2.75, 3.05) is 13.1 Å². The Bertz CT molecular complexity index is 1070. The molecule has 1 aromatic heterocycles. The second-order valence-electron chi connectivity index (χ2n) is 7.27. The first-order chi connectivity index (χ1) is 13.6. The first-order valence-corrected chi connectivity index (χ1v) is 9.65. The summed E-state index contributed by atoms with van der Waals surface area (Å²) in [7, 11) is 0. The van der Waals surface area contributed by atoms with Gasteiger partial charge in [-0.15, -0.1) is 0 Å². The van der Waals surface area contributed by atoms with Gasteiger partial charge in [-0.1, -0.05) is 17.7 Å². The monoisotopic (exact) mass is 396 g/mol. The second-order valence-corrected chi connectivity index (χ2v) is 7.71. The molecule has 1 spiro atoms. The van der Waals surface area contributed by atoms with E-state index in [0.29, 0.717) is 36.5 Å². The van der Waals surface area contributed by atoms with Crippen molar-refractivity contribution in [3.8, 4) is 11.4 Å². The van der Waals surface area contributed by atoms with Crippen molar-refractivity contribution in [1.82, 2.24) is 9.47 Å². The number of amides is 1. The molecule has 0 unspecified atom stereocenters. The molecule has 0 atom stereocenters. The van der Waals surface area contributed by atoms with Crippen molar-refractivity contribution in [2.45, 2.75) is 18.4 Å². The predicted molar refractivity (Wildman–Crippen MR) is 105 cm³/mol. The first kappa shape index (κ1) is 17.3. The van der Waals surface area contributed by atoms with E-state index in [0.717, 1.165) is 17.1 Å². The Balaban J connectivity index is 1.42. The Morgan fingerprint density at radius 3 is 2.68 bits per heavy atom. The number of rotatable bonds is 1. The third-order valence-electron chi connectivity index (χ3n) is 5.63. The van der Waals surface area contributed by atoms with Gasteiger partial charge in [0.05, 0.1) is 11.4 Å². The average Bonchev–Trinajstić information content (AvgIpc) is 3.19. The van der Waals surface area contributed by atoms with Gasteiger partial charge in [0.25, 0.3) is 5.91 Å². The van der Waals surface area contributed by atoms with Crippen LogP contribution in [0.1, 0.15) is 28.9 Å². The van der Waals surface area contributed by atoms with Gasteiger partial charge < -0.3 is 14.2 Å². The highest BCUT2D eigenvalue weighted by molar-refractivity contribution is 6.30. The number of fused-ring (bicyclic) bond motifs is 4. The van der Waals surface area contributed by atoms with E-state index in [2.05, 4.69) is 10.6 Å². The highest BCUT2D eigenvalue weighted by atomic mass is 35.5. The van der Waals surface area contributed by atoms with Crippen LogP contribution >= 0.6 is 11.6 Å². The molecule has 3 heterocycles. The molecule has 5 rings (SSSR count). The molecular weight excluding hydrogens is 379 g/mol. The van der Waals surface area contributed by atoms with E-state index in [4.69, 9.17) is 16.3 Å². The predicted octanol–water partition coefficient (Wildman–Crippen LogP) is 4.79. The maximum Gasteiger partial charge on any atom is 0.253 e. The quantitative estimate of drug-likeness (QED) is 0.592. The summed E-state index contributed by atoms with van der Waals surface area (Å²) in [5.74, 6) is 0.200. The van der Waals surface area contributed by atoms with Crippen LogP contribution in [0.3, 0.4) is 0 Å². The summed E-state index contributed by atoms with van der Waals surface area (Å²) in [6, 6.07) is 15.6. The van der Waals surface area contributed by atoms with Crippen LogP contribution in [0.15, 0.2) is 60.8 Å². The third kappa shape index (κ3) is 2.69. The fraction of sp³-hybridized carbons (Fsp3) is 0.227. The average molecular weight is 397 g/mol. The molecule has 1 saturated heterocycles. The molecular formula is C22H18ClFN2O2. The first-order valence-electron chi connectivity index (χ1n) is 9.27. The highest BCUT2D eigenvalue weighted by Gasteiger charge is 2.44. The SMILES string of the molecule is O=C(c1cccc(F)c1)N1CCC2(CC1)Oc1cc(Cl)ccc1-n1cccc12. The number of aromatic nitrogens is 1. The number of piperidine rings is 1. The molecule has 6 heteroatoms. The molecule has 0 radical (unpaired) electrons. The van der Waals surface area contributed by atoms with Crippen molar-refractivity contribution >= 4 is 17.5 Å². The minimum atomic E-state index is -0.500. The van der Waals surface area contributed by atoms with Crippen LogP contribution in [0.4, 0.5) is 4.39 Å². The standard InChI is InChI=1S/C22H18ClFN2O2/c23-16-6-7-18-19(14-16)28-22(20-5-2-10-26(18)20)8-11-25(12-9-22)21(27)15-3-1-4-17(24)13-15/h1-7,10,13-14H,8-9,11-12H2. The van der Waals surface area contributed by atoms with Gasteiger partial charge in [-0.3, -0.25) is 4.79 Å². The summed E-state index contributed by atoms with van der Waals surface area (Å²) in [4.78, 5) is 14.5. The summed E-state index contributed by atoms with van der Waals surface area (Å²) >= 11 is 6.18. The number of ether oxygens (including phenoxy) is 1. The third-order valence-corrected chi connectivity index (χ3v) is 5.87. The molecule has 142 valence electrons. The van der Waals surface area contributed by atoms with Gasteiger partial charge in [-0.2, -0.15) is 0 Å². The molecule has 28 heavy (non-hydrogen) atoms. The van der Waals surface area contributed by atoms with Crippen molar-refractivity contribution < 1.29 is 13.9 Å². The number of carbonyl (C=O) groups excluding carboxylic acids is 1. The number of carbonyl (C=O) groups is 1. The van der Waals surface area contributed by atoms with E-state index in [1.54, 1.807) is 17.0 Å². The zero-order valence-corrected chi connectivity index (χ0v) is 15.8. The van der Waals surface area contributed by atoms with E-state index < -0.39 is 11.4 Å². The Kier molecular flexibility index (Phi) is 3.95. The summed E-state index contributed by atoms with van der Waals surface area (Å²) in [6.07, 6.45) is 3.34. The largest absolute Gasteiger partial charge is 0.479 e. The van der Waals surface area contributed by atoms with Crippen molar-refractivity contribution in [3.05, 3.63) is 82.9 Å². The van der Waals surface area contributed by atoms with Crippen LogP contribution < -0.4 is 4.74 Å². The number of nitrogens with zero attached hydrogens (tertiary/aromatic N) is 2. The Morgan fingerprint density at radius 1 is 1.07 bits per heavy atom. The van der Waals surface area contributed by atoms with Crippen molar-refractivity contribution in [3.63, 3.8) is 0 Å². The van der Waals surface area contributed by atoms with Gasteiger partial charge in [0, 0.05) is 48.8 Å². The van der Waals surface area contributed by atoms with Crippen LogP contribution in [-0.4, -0.2) is 28.5 Å². The summed E-state index contributed by atoms with van der Waals surface area (Å²) in [5.41, 5.74) is 1.93. The summed E-state index contributed by atoms with van der Waals surface area (Å²) < 4.78 is 22.1. The Labute approximate surface area is 167 Å². The maximum absolute atomic E-state index is 13.5. The van der Waals surface area contributed by atoms with Gasteiger partial charge in [-0.25, -0.2) is 4.39 Å². The lowest BCUT2D eigenvalue weighted by atomic mass is 9.86. The van der Waals surface area contributed by atoms with Crippen molar-refractivity contribution in [2.24, 2.45) is 0 Å². The van der Waals surface area contributed by atoms with Gasteiger partial charge in [0.1, 0.15) is 11.6 Å². The molecule has 1 fully saturated rings. The smallest absolute Gasteiger partial charge is 0.253 e. The summed E-state index contributed by atoms with van der Waals surface area (Å²) in [5, 5.41) is 0.628. The maximum atomic E-state index is 13.5. The van der Waals surface area contributed by atoms with E-state index in [1.807, 2.05) is 30.5 Å². The van der Waals surface area contributed by atoms with Gasteiger partial charge in [0.15, 0.2) is 5.60 Å².